The van der Waals surface area contributed by atoms with Gasteiger partial charge in [0, 0.05) is 13.0 Å². The van der Waals surface area contributed by atoms with Gasteiger partial charge in [0.1, 0.15) is 0 Å². The average Bonchev–Trinajstić information content (AvgIpc) is 2.92. The second-order valence-corrected chi connectivity index (χ2v) is 5.30. The van der Waals surface area contributed by atoms with E-state index in [4.69, 9.17) is 18.0 Å². The maximum Gasteiger partial charge on any atom is 0.233 e. The van der Waals surface area contributed by atoms with Crippen LogP contribution in [0.1, 0.15) is 37.9 Å². The van der Waals surface area contributed by atoms with Crippen molar-refractivity contribution in [1.29, 1.82) is 0 Å². The molecule has 1 aromatic heterocycles. The molecule has 1 aliphatic rings. The van der Waals surface area contributed by atoms with Gasteiger partial charge >= 0.3 is 0 Å². The van der Waals surface area contributed by atoms with E-state index in [1.165, 1.54) is 6.39 Å². The number of rotatable bonds is 5. The number of hydrogen-bond donors (Lipinski definition) is 2. The van der Waals surface area contributed by atoms with Crippen molar-refractivity contribution in [3.05, 3.63) is 12.2 Å². The molecular formula is C12H18N4O2S. The molecular weight excluding hydrogens is 264 g/mol. The summed E-state index contributed by atoms with van der Waals surface area (Å²) in [5, 5.41) is 6.57. The number of carbonyl (C=O) groups is 1. The first-order valence-corrected chi connectivity index (χ1v) is 6.89. The van der Waals surface area contributed by atoms with Gasteiger partial charge < -0.3 is 15.6 Å². The zero-order chi connectivity index (χ0) is 13.7. The quantitative estimate of drug-likeness (QED) is 0.781. The van der Waals surface area contributed by atoms with Gasteiger partial charge in [0.25, 0.3) is 0 Å². The van der Waals surface area contributed by atoms with E-state index in [0.717, 1.165) is 32.1 Å². The van der Waals surface area contributed by atoms with Crippen LogP contribution in [0.2, 0.25) is 0 Å². The topological polar surface area (TPSA) is 94.0 Å². The molecule has 1 fully saturated rings. The van der Waals surface area contributed by atoms with Gasteiger partial charge in [0.15, 0.2) is 5.82 Å². The fraction of sp³-hybridized carbons (Fsp3) is 0.667. The summed E-state index contributed by atoms with van der Waals surface area (Å²) in [7, 11) is 0. The molecule has 1 saturated carbocycles. The number of nitrogens with two attached hydrogens (primary N) is 1. The van der Waals surface area contributed by atoms with E-state index in [2.05, 4.69) is 20.0 Å². The number of hydrogen-bond acceptors (Lipinski definition) is 5. The van der Waals surface area contributed by atoms with Crippen LogP contribution in [-0.4, -0.2) is 27.6 Å². The molecule has 0 aromatic carbocycles. The molecule has 6 nitrogen and oxygen atoms in total. The summed E-state index contributed by atoms with van der Waals surface area (Å²) in [6.45, 7) is 0.461. The highest BCUT2D eigenvalue weighted by molar-refractivity contribution is 7.80. The molecule has 7 heteroatoms. The largest absolute Gasteiger partial charge is 0.392 e. The highest BCUT2D eigenvalue weighted by Crippen LogP contribution is 2.36. The molecule has 19 heavy (non-hydrogen) atoms. The van der Waals surface area contributed by atoms with Gasteiger partial charge in [0.2, 0.25) is 12.3 Å². The first-order chi connectivity index (χ1) is 9.15. The standard InChI is InChI=1S/C12H18N4O2S/c13-10(19)12(5-2-1-3-6-12)11(17)14-7-4-9-15-8-18-16-9/h8H,1-7H2,(H2,13,19)(H,14,17). The van der Waals surface area contributed by atoms with Crippen LogP contribution in [-0.2, 0) is 11.2 Å². The van der Waals surface area contributed by atoms with Gasteiger partial charge in [-0.05, 0) is 12.8 Å². The lowest BCUT2D eigenvalue weighted by Crippen LogP contribution is -2.50. The van der Waals surface area contributed by atoms with Crippen molar-refractivity contribution < 1.29 is 9.32 Å². The van der Waals surface area contributed by atoms with Crippen LogP contribution in [0.3, 0.4) is 0 Å². The third-order valence-electron chi connectivity index (χ3n) is 3.65. The van der Waals surface area contributed by atoms with E-state index in [-0.39, 0.29) is 5.91 Å². The van der Waals surface area contributed by atoms with Gasteiger partial charge in [-0.25, -0.2) is 0 Å². The molecule has 1 aromatic rings. The van der Waals surface area contributed by atoms with Crippen LogP contribution in [0.4, 0.5) is 0 Å². The predicted molar refractivity (Wildman–Crippen MR) is 73.3 cm³/mol. The minimum atomic E-state index is -0.662. The minimum Gasteiger partial charge on any atom is -0.392 e. The van der Waals surface area contributed by atoms with Gasteiger partial charge in [-0.2, -0.15) is 4.98 Å². The Morgan fingerprint density at radius 1 is 1.47 bits per heavy atom. The van der Waals surface area contributed by atoms with Crippen molar-refractivity contribution >= 4 is 23.1 Å². The van der Waals surface area contributed by atoms with Crippen molar-refractivity contribution in [3.8, 4) is 0 Å². The number of nitrogens with one attached hydrogen (secondary N) is 1. The SMILES string of the molecule is NC(=S)C1(C(=O)NCCc2ncon2)CCCCC1. The maximum atomic E-state index is 12.3. The Morgan fingerprint density at radius 2 is 2.21 bits per heavy atom. The Kier molecular flexibility index (Phi) is 4.47. The Bertz CT molecular complexity index is 441. The van der Waals surface area contributed by atoms with E-state index in [1.807, 2.05) is 0 Å². The Hall–Kier alpha value is -1.50. The van der Waals surface area contributed by atoms with Crippen LogP contribution < -0.4 is 11.1 Å². The van der Waals surface area contributed by atoms with Gasteiger partial charge in [-0.3, -0.25) is 4.79 Å². The molecule has 0 atom stereocenters. The second kappa shape index (κ2) is 6.10. The Morgan fingerprint density at radius 3 is 2.79 bits per heavy atom. The Labute approximate surface area is 117 Å². The fourth-order valence-electron chi connectivity index (χ4n) is 2.50. The molecule has 104 valence electrons. The smallest absolute Gasteiger partial charge is 0.233 e. The third kappa shape index (κ3) is 3.09. The molecule has 2 rings (SSSR count). The van der Waals surface area contributed by atoms with E-state index in [1.54, 1.807) is 0 Å². The summed E-state index contributed by atoms with van der Waals surface area (Å²) < 4.78 is 4.63. The number of amides is 1. The number of aromatic nitrogens is 2. The summed E-state index contributed by atoms with van der Waals surface area (Å²) >= 11 is 5.11. The summed E-state index contributed by atoms with van der Waals surface area (Å²) in [4.78, 5) is 16.6. The molecule has 0 bridgehead atoms. The van der Waals surface area contributed by atoms with Crippen LogP contribution in [0.15, 0.2) is 10.9 Å². The lowest BCUT2D eigenvalue weighted by atomic mass is 9.73. The van der Waals surface area contributed by atoms with Crippen LogP contribution in [0.5, 0.6) is 0 Å². The van der Waals surface area contributed by atoms with Gasteiger partial charge in [0.05, 0.1) is 10.4 Å². The monoisotopic (exact) mass is 282 g/mol. The molecule has 0 saturated heterocycles. The maximum absolute atomic E-state index is 12.3. The summed E-state index contributed by atoms with van der Waals surface area (Å²) in [5.41, 5.74) is 5.14. The van der Waals surface area contributed by atoms with E-state index >= 15 is 0 Å². The summed E-state index contributed by atoms with van der Waals surface area (Å²) in [6.07, 6.45) is 6.43. The summed E-state index contributed by atoms with van der Waals surface area (Å²) in [6, 6.07) is 0. The normalized spacial score (nSPS) is 17.9. The zero-order valence-corrected chi connectivity index (χ0v) is 11.5. The molecule has 3 N–H and O–H groups in total. The number of carbonyl (C=O) groups excluding carboxylic acids is 1. The van der Waals surface area contributed by atoms with Crippen LogP contribution in [0, 0.1) is 5.41 Å². The Balaban J connectivity index is 1.91. The van der Waals surface area contributed by atoms with Crippen LogP contribution >= 0.6 is 12.2 Å². The molecule has 0 spiro atoms. The number of thiocarbonyl (C=S) groups is 1. The fourth-order valence-corrected chi connectivity index (χ4v) is 2.80. The molecule has 0 radical (unpaired) electrons. The first kappa shape index (κ1) is 13.9. The van der Waals surface area contributed by atoms with Gasteiger partial charge in [-0.1, -0.05) is 36.6 Å². The molecule has 1 aliphatic carbocycles. The van der Waals surface area contributed by atoms with Gasteiger partial charge in [-0.15, -0.1) is 0 Å². The van der Waals surface area contributed by atoms with Crippen molar-refractivity contribution in [2.24, 2.45) is 11.1 Å². The van der Waals surface area contributed by atoms with E-state index in [9.17, 15) is 4.79 Å². The van der Waals surface area contributed by atoms with Crippen molar-refractivity contribution in [3.63, 3.8) is 0 Å². The molecule has 0 unspecified atom stereocenters. The molecule has 0 aliphatic heterocycles. The van der Waals surface area contributed by atoms with E-state index in [0.29, 0.717) is 23.8 Å². The highest BCUT2D eigenvalue weighted by Gasteiger charge is 2.42. The van der Waals surface area contributed by atoms with Crippen molar-refractivity contribution in [2.75, 3.05) is 6.54 Å². The lowest BCUT2D eigenvalue weighted by Gasteiger charge is -2.34. The third-order valence-corrected chi connectivity index (χ3v) is 4.05. The zero-order valence-electron chi connectivity index (χ0n) is 10.7. The average molecular weight is 282 g/mol. The van der Waals surface area contributed by atoms with Crippen LogP contribution in [0.25, 0.3) is 0 Å². The minimum absolute atomic E-state index is 0.0665. The molecule has 1 amide bonds. The first-order valence-electron chi connectivity index (χ1n) is 6.48. The predicted octanol–water partition coefficient (Wildman–Crippen LogP) is 0.965. The summed E-state index contributed by atoms with van der Waals surface area (Å²) in [5.74, 6) is 0.511. The van der Waals surface area contributed by atoms with Crippen molar-refractivity contribution in [1.82, 2.24) is 15.5 Å². The molecule has 1 heterocycles. The van der Waals surface area contributed by atoms with Crippen molar-refractivity contribution in [2.45, 2.75) is 38.5 Å². The highest BCUT2D eigenvalue weighted by atomic mass is 32.1. The number of nitrogens with zero attached hydrogens (tertiary/aromatic N) is 2. The second-order valence-electron chi connectivity index (χ2n) is 4.86. The van der Waals surface area contributed by atoms with E-state index < -0.39 is 5.41 Å². The lowest BCUT2D eigenvalue weighted by molar-refractivity contribution is -0.128.